The molecule has 0 radical (unpaired) electrons. The van der Waals surface area contributed by atoms with Crippen molar-refractivity contribution in [3.63, 3.8) is 0 Å². The van der Waals surface area contributed by atoms with E-state index in [1.807, 2.05) is 32.2 Å². The number of hydrogen-bond acceptors (Lipinski definition) is 3. The molecule has 0 spiro atoms. The second-order valence-corrected chi connectivity index (χ2v) is 5.43. The molecular weight excluding hydrogens is 260 g/mol. The van der Waals surface area contributed by atoms with E-state index in [4.69, 9.17) is 0 Å². The standard InChI is InChI=1S/C18H26N2O/c1-6-18(10-8-15(3)19-4)20(5)12-17-11-14(2)7-9-16(17)13-21/h6-7,9,11,13,18-19H,1,3,8,10,12H2,2,4-5H3. The van der Waals surface area contributed by atoms with E-state index in [-0.39, 0.29) is 6.04 Å². The molecule has 1 aromatic carbocycles. The van der Waals surface area contributed by atoms with Gasteiger partial charge in [0.05, 0.1) is 0 Å². The van der Waals surface area contributed by atoms with Crippen molar-refractivity contribution in [3.05, 3.63) is 59.8 Å². The zero-order chi connectivity index (χ0) is 15.8. The lowest BCUT2D eigenvalue weighted by Gasteiger charge is -2.26. The lowest BCUT2D eigenvalue weighted by Crippen LogP contribution is -2.30. The molecule has 0 saturated heterocycles. The van der Waals surface area contributed by atoms with Gasteiger partial charge in [-0.15, -0.1) is 6.58 Å². The van der Waals surface area contributed by atoms with Gasteiger partial charge in [-0.05, 0) is 32.4 Å². The summed E-state index contributed by atoms with van der Waals surface area (Å²) in [5.41, 5.74) is 4.02. The molecule has 0 amide bonds. The van der Waals surface area contributed by atoms with Crippen LogP contribution in [-0.4, -0.2) is 31.3 Å². The number of carbonyl (C=O) groups excluding carboxylic acids is 1. The van der Waals surface area contributed by atoms with E-state index in [2.05, 4.69) is 36.5 Å². The molecule has 0 heterocycles. The van der Waals surface area contributed by atoms with E-state index >= 15 is 0 Å². The van der Waals surface area contributed by atoms with Crippen LogP contribution in [-0.2, 0) is 6.54 Å². The number of likely N-dealkylation sites (N-methyl/N-ethyl adjacent to an activating group) is 1. The summed E-state index contributed by atoms with van der Waals surface area (Å²) in [4.78, 5) is 13.4. The number of carbonyl (C=O) groups is 1. The van der Waals surface area contributed by atoms with Gasteiger partial charge >= 0.3 is 0 Å². The molecule has 114 valence electrons. The maximum Gasteiger partial charge on any atom is 0.150 e. The van der Waals surface area contributed by atoms with Gasteiger partial charge < -0.3 is 5.32 Å². The predicted molar refractivity (Wildman–Crippen MR) is 89.5 cm³/mol. The fraction of sp³-hybridized carbons (Fsp3) is 0.389. The van der Waals surface area contributed by atoms with Gasteiger partial charge in [-0.25, -0.2) is 0 Å². The molecule has 0 bridgehead atoms. The van der Waals surface area contributed by atoms with Crippen LogP contribution >= 0.6 is 0 Å². The van der Waals surface area contributed by atoms with Crippen molar-refractivity contribution >= 4 is 6.29 Å². The van der Waals surface area contributed by atoms with Gasteiger partial charge in [-0.3, -0.25) is 9.69 Å². The third kappa shape index (κ3) is 5.20. The zero-order valence-corrected chi connectivity index (χ0v) is 13.4. The summed E-state index contributed by atoms with van der Waals surface area (Å²) in [7, 11) is 3.95. The van der Waals surface area contributed by atoms with Crippen LogP contribution in [0.5, 0.6) is 0 Å². The largest absolute Gasteiger partial charge is 0.392 e. The summed E-state index contributed by atoms with van der Waals surface area (Å²) in [6, 6.07) is 6.19. The first-order chi connectivity index (χ1) is 10.0. The molecule has 0 aliphatic rings. The fourth-order valence-corrected chi connectivity index (χ4v) is 2.34. The number of nitrogens with one attached hydrogen (secondary N) is 1. The first-order valence-corrected chi connectivity index (χ1v) is 7.24. The van der Waals surface area contributed by atoms with E-state index in [1.165, 1.54) is 5.56 Å². The minimum atomic E-state index is 0.259. The quantitative estimate of drug-likeness (QED) is 0.558. The average Bonchev–Trinajstić information content (AvgIpc) is 2.47. The summed E-state index contributed by atoms with van der Waals surface area (Å²) in [5.74, 6) is 0. The molecule has 1 aromatic rings. The Morgan fingerprint density at radius 1 is 1.48 bits per heavy atom. The molecule has 1 unspecified atom stereocenters. The highest BCUT2D eigenvalue weighted by atomic mass is 16.1. The van der Waals surface area contributed by atoms with E-state index in [0.29, 0.717) is 0 Å². The number of hydrogen-bond donors (Lipinski definition) is 1. The summed E-state index contributed by atoms with van der Waals surface area (Å²) in [6.45, 7) is 10.7. The van der Waals surface area contributed by atoms with Crippen LogP contribution in [0.2, 0.25) is 0 Å². The Bertz CT molecular complexity index is 508. The van der Waals surface area contributed by atoms with Crippen LogP contribution in [0, 0.1) is 6.92 Å². The molecule has 1 N–H and O–H groups in total. The molecule has 0 aromatic heterocycles. The second-order valence-electron chi connectivity index (χ2n) is 5.43. The molecular formula is C18H26N2O. The van der Waals surface area contributed by atoms with Gasteiger partial charge in [-0.2, -0.15) is 0 Å². The Kier molecular flexibility index (Phi) is 6.89. The highest BCUT2D eigenvalue weighted by Crippen LogP contribution is 2.16. The highest BCUT2D eigenvalue weighted by molar-refractivity contribution is 5.77. The normalized spacial score (nSPS) is 12.0. The summed E-state index contributed by atoms with van der Waals surface area (Å²) in [6.07, 6.45) is 4.75. The lowest BCUT2D eigenvalue weighted by molar-refractivity contribution is 0.112. The third-order valence-corrected chi connectivity index (χ3v) is 3.78. The van der Waals surface area contributed by atoms with Crippen molar-refractivity contribution in [2.75, 3.05) is 14.1 Å². The van der Waals surface area contributed by atoms with E-state index in [1.54, 1.807) is 0 Å². The van der Waals surface area contributed by atoms with Crippen LogP contribution < -0.4 is 5.32 Å². The topological polar surface area (TPSA) is 32.3 Å². The molecule has 0 fully saturated rings. The number of allylic oxidation sites excluding steroid dienone is 1. The summed E-state index contributed by atoms with van der Waals surface area (Å²) in [5, 5.41) is 3.07. The van der Waals surface area contributed by atoms with E-state index < -0.39 is 0 Å². The molecule has 0 aliphatic heterocycles. The maximum absolute atomic E-state index is 11.2. The van der Waals surface area contributed by atoms with Crippen molar-refractivity contribution in [1.29, 1.82) is 0 Å². The van der Waals surface area contributed by atoms with Crippen molar-refractivity contribution in [3.8, 4) is 0 Å². The number of aryl methyl sites for hydroxylation is 1. The second kappa shape index (κ2) is 8.42. The monoisotopic (exact) mass is 286 g/mol. The van der Waals surface area contributed by atoms with Gasteiger partial charge in [0.25, 0.3) is 0 Å². The number of nitrogens with zero attached hydrogens (tertiary/aromatic N) is 1. The van der Waals surface area contributed by atoms with Crippen LogP contribution in [0.3, 0.4) is 0 Å². The Balaban J connectivity index is 2.75. The first-order valence-electron chi connectivity index (χ1n) is 7.24. The maximum atomic E-state index is 11.2. The number of rotatable bonds is 9. The van der Waals surface area contributed by atoms with Crippen molar-refractivity contribution in [1.82, 2.24) is 10.2 Å². The Hall–Kier alpha value is -1.87. The highest BCUT2D eigenvalue weighted by Gasteiger charge is 2.13. The summed E-state index contributed by atoms with van der Waals surface area (Å²) < 4.78 is 0. The average molecular weight is 286 g/mol. The van der Waals surface area contributed by atoms with Crippen LogP contribution in [0.15, 0.2) is 43.1 Å². The molecule has 1 atom stereocenters. The first kappa shape index (κ1) is 17.2. The van der Waals surface area contributed by atoms with Gasteiger partial charge in [-0.1, -0.05) is 36.4 Å². The Morgan fingerprint density at radius 3 is 2.76 bits per heavy atom. The lowest BCUT2D eigenvalue weighted by atomic mass is 10.0. The van der Waals surface area contributed by atoms with Crippen molar-refractivity contribution < 1.29 is 4.79 Å². The Morgan fingerprint density at radius 2 is 2.19 bits per heavy atom. The van der Waals surface area contributed by atoms with Crippen molar-refractivity contribution in [2.45, 2.75) is 32.4 Å². The zero-order valence-electron chi connectivity index (χ0n) is 13.4. The van der Waals surface area contributed by atoms with Crippen LogP contribution in [0.4, 0.5) is 0 Å². The minimum Gasteiger partial charge on any atom is -0.392 e. The van der Waals surface area contributed by atoms with Gasteiger partial charge in [0.2, 0.25) is 0 Å². The SMILES string of the molecule is C=CC(CCC(=C)NC)N(C)Cc1cc(C)ccc1C=O. The predicted octanol–water partition coefficient (Wildman–Crippen LogP) is 3.31. The molecule has 21 heavy (non-hydrogen) atoms. The molecule has 0 saturated carbocycles. The van der Waals surface area contributed by atoms with Crippen LogP contribution in [0.25, 0.3) is 0 Å². The van der Waals surface area contributed by atoms with Crippen molar-refractivity contribution in [2.24, 2.45) is 0 Å². The molecule has 3 nitrogen and oxygen atoms in total. The third-order valence-electron chi connectivity index (χ3n) is 3.78. The minimum absolute atomic E-state index is 0.259. The van der Waals surface area contributed by atoms with Crippen LogP contribution in [0.1, 0.15) is 34.3 Å². The van der Waals surface area contributed by atoms with Gasteiger partial charge in [0.1, 0.15) is 6.29 Å². The van der Waals surface area contributed by atoms with Gasteiger partial charge in [0, 0.05) is 30.9 Å². The molecule has 3 heteroatoms. The number of benzene rings is 1. The smallest absolute Gasteiger partial charge is 0.150 e. The summed E-state index contributed by atoms with van der Waals surface area (Å²) >= 11 is 0. The Labute approximate surface area is 128 Å². The fourth-order valence-electron chi connectivity index (χ4n) is 2.34. The van der Waals surface area contributed by atoms with Gasteiger partial charge in [0.15, 0.2) is 0 Å². The number of aldehydes is 1. The molecule has 1 rings (SSSR count). The van der Waals surface area contributed by atoms with E-state index in [9.17, 15) is 4.79 Å². The van der Waals surface area contributed by atoms with E-state index in [0.717, 1.165) is 42.5 Å². The molecule has 0 aliphatic carbocycles.